The van der Waals surface area contributed by atoms with Crippen LogP contribution in [0.25, 0.3) is 12.2 Å². The van der Waals surface area contributed by atoms with Crippen LogP contribution < -0.4 is 4.74 Å². The molecule has 0 radical (unpaired) electrons. The Kier molecular flexibility index (Phi) is 8.82. The maximum atomic E-state index is 13.7. The van der Waals surface area contributed by atoms with Crippen LogP contribution in [0.5, 0.6) is 5.75 Å². The summed E-state index contributed by atoms with van der Waals surface area (Å²) in [6.45, 7) is 5.15. The summed E-state index contributed by atoms with van der Waals surface area (Å²) < 4.78 is 35.3. The first-order valence-electron chi connectivity index (χ1n) is 12.7. The molecule has 0 bridgehead atoms. The lowest BCUT2D eigenvalue weighted by Crippen LogP contribution is -2.49. The number of hydrogen-bond acceptors (Lipinski definition) is 5. The van der Waals surface area contributed by atoms with Gasteiger partial charge in [0.25, 0.3) is 0 Å². The van der Waals surface area contributed by atoms with Gasteiger partial charge in [0.2, 0.25) is 10.0 Å². The standard InChI is InChI=1S/C30H36N2O4S/c1-23-19-32(24(2)22-33)37(34,35)30-17-16-26(15-14-25-10-6-4-7-11-25)18-28(30)36-29(23)21-31(3)20-27-12-8-5-9-13-27/h4-18,23-24,29,33H,19-22H2,1-3H3/t23-,24-,29-/m1/s1. The van der Waals surface area contributed by atoms with Crippen molar-refractivity contribution < 1.29 is 18.3 Å². The Balaban J connectivity index is 1.68. The summed E-state index contributed by atoms with van der Waals surface area (Å²) in [4.78, 5) is 2.33. The average molecular weight is 521 g/mol. The molecule has 1 aliphatic rings. The first-order valence-corrected chi connectivity index (χ1v) is 14.1. The number of benzene rings is 3. The highest BCUT2D eigenvalue weighted by Crippen LogP contribution is 2.34. The van der Waals surface area contributed by atoms with Gasteiger partial charge in [-0.05, 0) is 42.8 Å². The number of nitrogens with zero attached hydrogens (tertiary/aromatic N) is 2. The SMILES string of the molecule is C[C@@H]1CN([C@H](C)CO)S(=O)(=O)c2ccc(C=Cc3ccccc3)cc2O[C@@H]1CN(C)Cc1ccccc1. The van der Waals surface area contributed by atoms with Crippen LogP contribution in [0.1, 0.15) is 30.5 Å². The molecule has 0 amide bonds. The molecule has 1 aliphatic heterocycles. The fourth-order valence-corrected chi connectivity index (χ4v) is 6.41. The van der Waals surface area contributed by atoms with Crippen LogP contribution in [0.4, 0.5) is 0 Å². The van der Waals surface area contributed by atoms with Crippen LogP contribution in [0.15, 0.2) is 83.8 Å². The van der Waals surface area contributed by atoms with Gasteiger partial charge in [0.15, 0.2) is 0 Å². The maximum Gasteiger partial charge on any atom is 0.247 e. The van der Waals surface area contributed by atoms with Crippen molar-refractivity contribution in [1.82, 2.24) is 9.21 Å². The second-order valence-electron chi connectivity index (χ2n) is 9.87. The fraction of sp³-hybridized carbons (Fsp3) is 0.333. The Labute approximate surface area is 220 Å². The molecule has 1 N–H and O–H groups in total. The fourth-order valence-electron chi connectivity index (χ4n) is 4.59. The Hall–Kier alpha value is -2.97. The number of fused-ring (bicyclic) bond motifs is 1. The van der Waals surface area contributed by atoms with E-state index in [-0.39, 0.29) is 30.1 Å². The third-order valence-electron chi connectivity index (χ3n) is 6.75. The molecular weight excluding hydrogens is 484 g/mol. The average Bonchev–Trinajstić information content (AvgIpc) is 2.90. The predicted molar refractivity (Wildman–Crippen MR) is 149 cm³/mol. The van der Waals surface area contributed by atoms with E-state index in [9.17, 15) is 13.5 Å². The highest BCUT2D eigenvalue weighted by atomic mass is 32.2. The summed E-state index contributed by atoms with van der Waals surface area (Å²) in [6, 6.07) is 24.9. The highest BCUT2D eigenvalue weighted by molar-refractivity contribution is 7.89. The smallest absolute Gasteiger partial charge is 0.247 e. The Morgan fingerprint density at radius 2 is 1.68 bits per heavy atom. The molecule has 3 aromatic rings. The van der Waals surface area contributed by atoms with Crippen LogP contribution >= 0.6 is 0 Å². The lowest BCUT2D eigenvalue weighted by molar-refractivity contribution is 0.0733. The van der Waals surface area contributed by atoms with Crippen molar-refractivity contribution >= 4 is 22.2 Å². The molecule has 0 saturated carbocycles. The van der Waals surface area contributed by atoms with Gasteiger partial charge in [0.1, 0.15) is 16.7 Å². The van der Waals surface area contributed by atoms with Crippen molar-refractivity contribution in [3.05, 3.63) is 95.6 Å². The van der Waals surface area contributed by atoms with Crippen molar-refractivity contribution in [1.29, 1.82) is 0 Å². The molecule has 6 nitrogen and oxygen atoms in total. The highest BCUT2D eigenvalue weighted by Gasteiger charge is 2.38. The molecule has 0 aromatic heterocycles. The summed E-state index contributed by atoms with van der Waals surface area (Å²) in [7, 11) is -1.81. The van der Waals surface area contributed by atoms with E-state index in [1.165, 1.54) is 9.87 Å². The van der Waals surface area contributed by atoms with Gasteiger partial charge in [-0.25, -0.2) is 8.42 Å². The number of rotatable bonds is 8. The number of aliphatic hydroxyl groups is 1. The van der Waals surface area contributed by atoms with E-state index in [1.54, 1.807) is 25.1 Å². The molecule has 0 fully saturated rings. The Morgan fingerprint density at radius 3 is 2.35 bits per heavy atom. The molecule has 37 heavy (non-hydrogen) atoms. The minimum Gasteiger partial charge on any atom is -0.487 e. The minimum absolute atomic E-state index is 0.0985. The van der Waals surface area contributed by atoms with E-state index in [2.05, 4.69) is 17.0 Å². The summed E-state index contributed by atoms with van der Waals surface area (Å²) in [5, 5.41) is 9.86. The van der Waals surface area contributed by atoms with Crippen LogP contribution in [0.3, 0.4) is 0 Å². The maximum absolute atomic E-state index is 13.7. The normalized spacial score (nSPS) is 20.7. The van der Waals surface area contributed by atoms with Crippen molar-refractivity contribution in [2.45, 2.75) is 37.4 Å². The van der Waals surface area contributed by atoms with Crippen molar-refractivity contribution in [3.8, 4) is 5.75 Å². The summed E-state index contributed by atoms with van der Waals surface area (Å²) >= 11 is 0. The monoisotopic (exact) mass is 520 g/mol. The van der Waals surface area contributed by atoms with Gasteiger partial charge in [-0.1, -0.05) is 85.8 Å². The van der Waals surface area contributed by atoms with Gasteiger partial charge in [0.05, 0.1) is 6.61 Å². The largest absolute Gasteiger partial charge is 0.487 e. The van der Waals surface area contributed by atoms with Crippen molar-refractivity contribution in [2.24, 2.45) is 5.92 Å². The molecule has 7 heteroatoms. The molecule has 0 spiro atoms. The first kappa shape index (κ1) is 27.1. The number of hydrogen-bond donors (Lipinski definition) is 1. The molecule has 0 aliphatic carbocycles. The molecule has 4 rings (SSSR count). The quantitative estimate of drug-likeness (QED) is 0.434. The molecule has 3 aromatic carbocycles. The second kappa shape index (κ2) is 12.0. The molecule has 0 unspecified atom stereocenters. The van der Waals surface area contributed by atoms with E-state index < -0.39 is 16.1 Å². The molecule has 3 atom stereocenters. The molecule has 196 valence electrons. The zero-order chi connectivity index (χ0) is 26.4. The number of likely N-dealkylation sites (N-methyl/N-ethyl adjacent to an activating group) is 1. The van der Waals surface area contributed by atoms with Gasteiger partial charge in [-0.3, -0.25) is 4.90 Å². The van der Waals surface area contributed by atoms with Crippen LogP contribution in [-0.4, -0.2) is 61.6 Å². The third-order valence-corrected chi connectivity index (χ3v) is 8.77. The Bertz CT molecular complexity index is 1300. The topological polar surface area (TPSA) is 70.1 Å². The number of aliphatic hydroxyl groups excluding tert-OH is 1. The molecule has 1 heterocycles. The predicted octanol–water partition coefficient (Wildman–Crippen LogP) is 4.76. The Morgan fingerprint density at radius 1 is 1.03 bits per heavy atom. The van der Waals surface area contributed by atoms with Crippen LogP contribution in [0, 0.1) is 5.92 Å². The first-order chi connectivity index (χ1) is 17.8. The van der Waals surface area contributed by atoms with Gasteiger partial charge in [-0.2, -0.15) is 4.31 Å². The van der Waals surface area contributed by atoms with Gasteiger partial charge < -0.3 is 9.84 Å². The zero-order valence-corrected chi connectivity index (χ0v) is 22.5. The van der Waals surface area contributed by atoms with Gasteiger partial charge in [0, 0.05) is 31.6 Å². The van der Waals surface area contributed by atoms with E-state index in [1.807, 2.05) is 74.7 Å². The number of sulfonamides is 1. The summed E-state index contributed by atoms with van der Waals surface area (Å²) in [5.41, 5.74) is 3.11. The molecule has 0 saturated heterocycles. The van der Waals surface area contributed by atoms with E-state index in [4.69, 9.17) is 4.74 Å². The summed E-state index contributed by atoms with van der Waals surface area (Å²) in [5.74, 6) is 0.244. The lowest BCUT2D eigenvalue weighted by Gasteiger charge is -2.37. The van der Waals surface area contributed by atoms with Crippen LogP contribution in [-0.2, 0) is 16.6 Å². The number of ether oxygens (including phenoxy) is 1. The lowest BCUT2D eigenvalue weighted by atomic mass is 10.0. The molecular formula is C30H36N2O4S. The van der Waals surface area contributed by atoms with Crippen molar-refractivity contribution in [3.63, 3.8) is 0 Å². The van der Waals surface area contributed by atoms with Crippen LogP contribution in [0.2, 0.25) is 0 Å². The second-order valence-corrected chi connectivity index (χ2v) is 11.7. The summed E-state index contributed by atoms with van der Waals surface area (Å²) in [6.07, 6.45) is 3.70. The third kappa shape index (κ3) is 6.67. The van der Waals surface area contributed by atoms with E-state index in [0.29, 0.717) is 12.3 Å². The van der Waals surface area contributed by atoms with Gasteiger partial charge in [-0.15, -0.1) is 0 Å². The minimum atomic E-state index is -3.86. The van der Waals surface area contributed by atoms with Gasteiger partial charge >= 0.3 is 0 Å². The van der Waals surface area contributed by atoms with E-state index >= 15 is 0 Å². The zero-order valence-electron chi connectivity index (χ0n) is 21.7. The van der Waals surface area contributed by atoms with Crippen molar-refractivity contribution in [2.75, 3.05) is 26.7 Å². The van der Waals surface area contributed by atoms with E-state index in [0.717, 1.165) is 17.7 Å².